The van der Waals surface area contributed by atoms with Crippen molar-refractivity contribution in [2.75, 3.05) is 13.7 Å². The van der Waals surface area contributed by atoms with Crippen molar-refractivity contribution in [2.45, 2.75) is 25.2 Å². The number of carboxylic acid groups (broad SMARTS) is 1. The molecule has 124 valence electrons. The molecule has 0 radical (unpaired) electrons. The first-order chi connectivity index (χ1) is 10.2. The van der Waals surface area contributed by atoms with Gasteiger partial charge in [0.25, 0.3) is 0 Å². The van der Waals surface area contributed by atoms with Gasteiger partial charge < -0.3 is 9.84 Å². The zero-order chi connectivity index (χ0) is 16.9. The second kappa shape index (κ2) is 7.94. The number of rotatable bonds is 8. The normalized spacial score (nSPS) is 13.1. The maximum Gasteiger partial charge on any atom is 0.307 e. The van der Waals surface area contributed by atoms with Crippen LogP contribution in [0.2, 0.25) is 0 Å². The van der Waals surface area contributed by atoms with Gasteiger partial charge >= 0.3 is 5.97 Å². The van der Waals surface area contributed by atoms with Crippen molar-refractivity contribution in [1.29, 1.82) is 0 Å². The number of hydrogen-bond acceptors (Lipinski definition) is 4. The van der Waals surface area contributed by atoms with Crippen molar-refractivity contribution < 1.29 is 23.1 Å². The Balaban J connectivity index is 2.89. The lowest BCUT2D eigenvalue weighted by atomic mass is 9.98. The van der Waals surface area contributed by atoms with E-state index < -0.39 is 21.9 Å². The molecule has 0 saturated carbocycles. The van der Waals surface area contributed by atoms with Gasteiger partial charge in [0, 0.05) is 11.0 Å². The number of carboxylic acids is 1. The highest BCUT2D eigenvalue weighted by Crippen LogP contribution is 2.26. The molecule has 1 atom stereocenters. The van der Waals surface area contributed by atoms with E-state index in [1.54, 1.807) is 0 Å². The molecule has 1 unspecified atom stereocenters. The van der Waals surface area contributed by atoms with Crippen molar-refractivity contribution in [3.63, 3.8) is 0 Å². The van der Waals surface area contributed by atoms with Gasteiger partial charge in [-0.05, 0) is 46.5 Å². The van der Waals surface area contributed by atoms with Gasteiger partial charge in [-0.3, -0.25) is 4.79 Å². The van der Waals surface area contributed by atoms with Crippen molar-refractivity contribution >= 4 is 31.9 Å². The summed E-state index contributed by atoms with van der Waals surface area (Å²) in [6.45, 7) is 3.64. The molecule has 0 heterocycles. The zero-order valence-corrected chi connectivity index (χ0v) is 15.1. The van der Waals surface area contributed by atoms with Crippen LogP contribution in [0.4, 0.5) is 0 Å². The number of aliphatic carboxylic acids is 1. The third-order valence-corrected chi connectivity index (χ3v) is 5.45. The number of benzene rings is 1. The molecule has 0 aromatic heterocycles. The fourth-order valence-electron chi connectivity index (χ4n) is 1.96. The fraction of sp³-hybridized carbons (Fsp3) is 0.500. The van der Waals surface area contributed by atoms with E-state index in [1.807, 2.05) is 13.8 Å². The predicted octanol–water partition coefficient (Wildman–Crippen LogP) is 2.48. The Hall–Kier alpha value is -1.12. The lowest BCUT2D eigenvalue weighted by Crippen LogP contribution is -2.33. The largest absolute Gasteiger partial charge is 0.497 e. The van der Waals surface area contributed by atoms with Crippen LogP contribution in [0, 0.1) is 11.8 Å². The van der Waals surface area contributed by atoms with Crippen molar-refractivity contribution in [3.8, 4) is 5.75 Å². The molecule has 0 aliphatic heterocycles. The third kappa shape index (κ3) is 5.26. The average molecular weight is 394 g/mol. The number of sulfonamides is 1. The topological polar surface area (TPSA) is 92.7 Å². The Morgan fingerprint density at radius 1 is 1.41 bits per heavy atom. The van der Waals surface area contributed by atoms with E-state index in [4.69, 9.17) is 9.84 Å². The Labute approximate surface area is 139 Å². The van der Waals surface area contributed by atoms with E-state index in [1.165, 1.54) is 25.3 Å². The van der Waals surface area contributed by atoms with Crippen LogP contribution in [0.5, 0.6) is 5.75 Å². The number of ether oxygens (including phenoxy) is 1. The first kappa shape index (κ1) is 18.9. The number of methoxy groups -OCH3 is 1. The summed E-state index contributed by atoms with van der Waals surface area (Å²) in [7, 11) is -2.31. The van der Waals surface area contributed by atoms with Crippen LogP contribution in [0.25, 0.3) is 0 Å². The van der Waals surface area contributed by atoms with Crippen molar-refractivity contribution in [1.82, 2.24) is 4.72 Å². The van der Waals surface area contributed by atoms with Crippen LogP contribution < -0.4 is 9.46 Å². The average Bonchev–Trinajstić information content (AvgIpc) is 2.42. The van der Waals surface area contributed by atoms with Crippen LogP contribution in [-0.2, 0) is 14.8 Å². The number of nitrogens with one attached hydrogen (secondary N) is 1. The van der Waals surface area contributed by atoms with Gasteiger partial charge in [-0.2, -0.15) is 0 Å². The summed E-state index contributed by atoms with van der Waals surface area (Å²) in [6, 6.07) is 4.48. The minimum absolute atomic E-state index is 0.0435. The lowest BCUT2D eigenvalue weighted by Gasteiger charge is -2.16. The van der Waals surface area contributed by atoms with E-state index in [0.717, 1.165) is 0 Å². The summed E-state index contributed by atoms with van der Waals surface area (Å²) in [5.41, 5.74) is 0. The highest BCUT2D eigenvalue weighted by molar-refractivity contribution is 9.10. The summed E-state index contributed by atoms with van der Waals surface area (Å²) in [6.07, 6.45) is 0.404. The quantitative estimate of drug-likeness (QED) is 0.707. The molecule has 0 fully saturated rings. The molecule has 0 amide bonds. The lowest BCUT2D eigenvalue weighted by molar-refractivity contribution is -0.142. The number of carbonyl (C=O) groups is 1. The van der Waals surface area contributed by atoms with Gasteiger partial charge in [-0.1, -0.05) is 13.8 Å². The molecule has 0 spiro atoms. The molecular weight excluding hydrogens is 374 g/mol. The maximum atomic E-state index is 12.3. The molecule has 0 bridgehead atoms. The standard InChI is InChI=1S/C14H20BrNO5S/c1-9(2)6-10(14(17)18)8-16-22(19,20)13-5-4-11(21-3)7-12(13)15/h4-5,7,9-10,16H,6,8H2,1-3H3,(H,17,18). The molecule has 0 aliphatic carbocycles. The van der Waals surface area contributed by atoms with Crippen LogP contribution in [0.3, 0.4) is 0 Å². The van der Waals surface area contributed by atoms with Gasteiger partial charge in [-0.15, -0.1) is 0 Å². The monoisotopic (exact) mass is 393 g/mol. The Morgan fingerprint density at radius 2 is 2.05 bits per heavy atom. The molecule has 0 saturated heterocycles. The van der Waals surface area contributed by atoms with Crippen LogP contribution in [0.15, 0.2) is 27.6 Å². The molecule has 6 nitrogen and oxygen atoms in total. The minimum Gasteiger partial charge on any atom is -0.497 e. The second-order valence-corrected chi connectivity index (χ2v) is 7.90. The molecule has 0 aliphatic rings. The first-order valence-corrected chi connectivity index (χ1v) is 9.01. The van der Waals surface area contributed by atoms with Gasteiger partial charge in [0.05, 0.1) is 17.9 Å². The van der Waals surface area contributed by atoms with E-state index in [-0.39, 0.29) is 17.4 Å². The molecule has 8 heteroatoms. The van der Waals surface area contributed by atoms with Crippen LogP contribution in [-0.4, -0.2) is 33.1 Å². The molecule has 22 heavy (non-hydrogen) atoms. The maximum absolute atomic E-state index is 12.3. The van der Waals surface area contributed by atoms with Gasteiger partial charge in [0.2, 0.25) is 10.0 Å². The molecular formula is C14H20BrNO5S. The Kier molecular flexibility index (Phi) is 6.83. The predicted molar refractivity (Wildman–Crippen MR) is 86.5 cm³/mol. The molecule has 2 N–H and O–H groups in total. The van der Waals surface area contributed by atoms with Crippen molar-refractivity contribution in [3.05, 3.63) is 22.7 Å². The highest BCUT2D eigenvalue weighted by Gasteiger charge is 2.24. The Bertz CT molecular complexity index is 630. The van der Waals surface area contributed by atoms with Gasteiger partial charge in [-0.25, -0.2) is 13.1 Å². The van der Waals surface area contributed by atoms with Crippen molar-refractivity contribution in [2.24, 2.45) is 11.8 Å². The molecule has 1 aromatic rings. The van der Waals surface area contributed by atoms with Crippen LogP contribution in [0.1, 0.15) is 20.3 Å². The molecule has 1 aromatic carbocycles. The fourth-order valence-corrected chi connectivity index (χ4v) is 4.09. The molecule has 1 rings (SSSR count). The van der Waals surface area contributed by atoms with Gasteiger partial charge in [0.15, 0.2) is 0 Å². The SMILES string of the molecule is COc1ccc(S(=O)(=O)NCC(CC(C)C)C(=O)O)c(Br)c1. The first-order valence-electron chi connectivity index (χ1n) is 6.73. The van der Waals surface area contributed by atoms with E-state index >= 15 is 0 Å². The van der Waals surface area contributed by atoms with Gasteiger partial charge in [0.1, 0.15) is 5.75 Å². The highest BCUT2D eigenvalue weighted by atomic mass is 79.9. The third-order valence-electron chi connectivity index (χ3n) is 3.05. The van der Waals surface area contributed by atoms with E-state index in [0.29, 0.717) is 16.6 Å². The zero-order valence-electron chi connectivity index (χ0n) is 12.7. The summed E-state index contributed by atoms with van der Waals surface area (Å²) in [4.78, 5) is 11.2. The smallest absolute Gasteiger partial charge is 0.307 e. The minimum atomic E-state index is -3.80. The summed E-state index contributed by atoms with van der Waals surface area (Å²) >= 11 is 3.18. The summed E-state index contributed by atoms with van der Waals surface area (Å²) < 4.78 is 32.3. The van der Waals surface area contributed by atoms with Crippen LogP contribution >= 0.6 is 15.9 Å². The second-order valence-electron chi connectivity index (χ2n) is 5.31. The number of hydrogen-bond donors (Lipinski definition) is 2. The van der Waals surface area contributed by atoms with E-state index in [2.05, 4.69) is 20.7 Å². The Morgan fingerprint density at radius 3 is 2.50 bits per heavy atom. The summed E-state index contributed by atoms with van der Waals surface area (Å²) in [5, 5.41) is 9.15. The number of halogens is 1. The van der Waals surface area contributed by atoms with E-state index in [9.17, 15) is 13.2 Å². The summed E-state index contributed by atoms with van der Waals surface area (Å²) in [5.74, 6) is -1.08.